The predicted molar refractivity (Wildman–Crippen MR) is 77.3 cm³/mol. The number of aromatic nitrogens is 1. The summed E-state index contributed by atoms with van der Waals surface area (Å²) < 4.78 is 0. The highest BCUT2D eigenvalue weighted by Crippen LogP contribution is 2.10. The molecule has 0 saturated carbocycles. The molecule has 1 aromatic carbocycles. The van der Waals surface area contributed by atoms with Crippen molar-refractivity contribution in [3.8, 4) is 0 Å². The number of benzene rings is 1. The summed E-state index contributed by atoms with van der Waals surface area (Å²) in [5, 5.41) is 14.7. The lowest BCUT2D eigenvalue weighted by molar-refractivity contribution is -0.136. The Balaban J connectivity index is 1.83. The number of nitrogens with one attached hydrogen (secondary N) is 2. The van der Waals surface area contributed by atoms with Gasteiger partial charge in [-0.1, -0.05) is 30.3 Å². The molecule has 0 aliphatic rings. The molecule has 0 aliphatic carbocycles. The normalized spacial score (nSPS) is 11.5. The van der Waals surface area contributed by atoms with Crippen LogP contribution in [0.15, 0.2) is 54.9 Å². The van der Waals surface area contributed by atoms with E-state index in [0.717, 1.165) is 0 Å². The summed E-state index contributed by atoms with van der Waals surface area (Å²) in [7, 11) is 0. The van der Waals surface area contributed by atoms with E-state index in [1.165, 1.54) is 12.4 Å². The third-order valence-electron chi connectivity index (χ3n) is 2.78. The molecule has 1 atom stereocenters. The van der Waals surface area contributed by atoms with Crippen molar-refractivity contribution in [2.75, 3.05) is 11.9 Å². The van der Waals surface area contributed by atoms with Crippen molar-refractivity contribution in [3.05, 3.63) is 60.4 Å². The number of hydrogen-bond acceptors (Lipinski definition) is 4. The molecule has 21 heavy (non-hydrogen) atoms. The summed E-state index contributed by atoms with van der Waals surface area (Å²) in [6, 6.07) is 12.0. The van der Waals surface area contributed by atoms with Crippen LogP contribution in [0.25, 0.3) is 0 Å². The van der Waals surface area contributed by atoms with Gasteiger partial charge in [-0.2, -0.15) is 0 Å². The molecule has 1 aromatic heterocycles. The van der Waals surface area contributed by atoms with E-state index >= 15 is 0 Å². The minimum Gasteiger partial charge on any atom is -0.387 e. The van der Waals surface area contributed by atoms with Crippen LogP contribution in [-0.4, -0.2) is 28.4 Å². The van der Waals surface area contributed by atoms with Crippen molar-refractivity contribution < 1.29 is 14.7 Å². The van der Waals surface area contributed by atoms with E-state index in [4.69, 9.17) is 0 Å². The standard InChI is InChI=1S/C15H15N3O3/c19-13(11-4-2-1-3-5-11)10-17-14(20)15(21)18-12-6-8-16-9-7-12/h1-9,13,19H,10H2,(H,17,20)(H,16,18,21)/t13-/m0/s1. The molecule has 6 nitrogen and oxygen atoms in total. The predicted octanol–water partition coefficient (Wildman–Crippen LogP) is 0.870. The van der Waals surface area contributed by atoms with Gasteiger partial charge in [0.25, 0.3) is 0 Å². The molecule has 0 saturated heterocycles. The van der Waals surface area contributed by atoms with Gasteiger partial charge in [0.05, 0.1) is 6.10 Å². The van der Waals surface area contributed by atoms with E-state index < -0.39 is 17.9 Å². The van der Waals surface area contributed by atoms with E-state index in [9.17, 15) is 14.7 Å². The second-order valence-corrected chi connectivity index (χ2v) is 4.33. The first kappa shape index (κ1) is 14.7. The Bertz CT molecular complexity index is 602. The number of carbonyl (C=O) groups excluding carboxylic acids is 2. The quantitative estimate of drug-likeness (QED) is 0.727. The minimum absolute atomic E-state index is 0.0351. The van der Waals surface area contributed by atoms with E-state index in [1.807, 2.05) is 6.07 Å². The summed E-state index contributed by atoms with van der Waals surface area (Å²) in [4.78, 5) is 27.1. The first-order valence-electron chi connectivity index (χ1n) is 6.39. The van der Waals surface area contributed by atoms with Crippen molar-refractivity contribution in [1.82, 2.24) is 10.3 Å². The maximum Gasteiger partial charge on any atom is 0.313 e. The van der Waals surface area contributed by atoms with E-state index in [-0.39, 0.29) is 6.54 Å². The zero-order valence-corrected chi connectivity index (χ0v) is 11.2. The van der Waals surface area contributed by atoms with Crippen LogP contribution in [0.4, 0.5) is 5.69 Å². The molecule has 2 amide bonds. The average Bonchev–Trinajstić information content (AvgIpc) is 2.54. The van der Waals surface area contributed by atoms with Crippen LogP contribution in [0.1, 0.15) is 11.7 Å². The molecule has 108 valence electrons. The fourth-order valence-corrected chi connectivity index (χ4v) is 1.69. The van der Waals surface area contributed by atoms with Gasteiger partial charge in [-0.05, 0) is 17.7 Å². The molecule has 0 radical (unpaired) electrons. The Kier molecular flexibility index (Phi) is 5.00. The van der Waals surface area contributed by atoms with Crippen LogP contribution in [0.3, 0.4) is 0 Å². The number of pyridine rings is 1. The van der Waals surface area contributed by atoms with Gasteiger partial charge in [-0.3, -0.25) is 14.6 Å². The monoisotopic (exact) mass is 285 g/mol. The molecule has 0 aliphatic heterocycles. The Morgan fingerprint density at radius 3 is 2.38 bits per heavy atom. The Hall–Kier alpha value is -2.73. The highest BCUT2D eigenvalue weighted by Gasteiger charge is 2.15. The number of anilines is 1. The van der Waals surface area contributed by atoms with E-state index in [0.29, 0.717) is 11.3 Å². The van der Waals surface area contributed by atoms with Crippen molar-refractivity contribution in [2.45, 2.75) is 6.10 Å². The molecule has 1 heterocycles. The van der Waals surface area contributed by atoms with Crippen LogP contribution in [0.5, 0.6) is 0 Å². The van der Waals surface area contributed by atoms with Crippen LogP contribution in [0, 0.1) is 0 Å². The van der Waals surface area contributed by atoms with E-state index in [2.05, 4.69) is 15.6 Å². The third kappa shape index (κ3) is 4.39. The van der Waals surface area contributed by atoms with Gasteiger partial charge in [0.2, 0.25) is 0 Å². The van der Waals surface area contributed by atoms with Gasteiger partial charge in [-0.15, -0.1) is 0 Å². The molecule has 2 aromatic rings. The summed E-state index contributed by atoms with van der Waals surface area (Å²) >= 11 is 0. The summed E-state index contributed by atoms with van der Waals surface area (Å²) in [6.45, 7) is -0.0351. The second-order valence-electron chi connectivity index (χ2n) is 4.33. The highest BCUT2D eigenvalue weighted by atomic mass is 16.3. The Morgan fingerprint density at radius 1 is 1.05 bits per heavy atom. The maximum absolute atomic E-state index is 11.6. The van der Waals surface area contributed by atoms with Gasteiger partial charge in [0.1, 0.15) is 0 Å². The fourth-order valence-electron chi connectivity index (χ4n) is 1.69. The summed E-state index contributed by atoms with van der Waals surface area (Å²) in [6.07, 6.45) is 2.16. The van der Waals surface area contributed by atoms with Gasteiger partial charge < -0.3 is 15.7 Å². The first-order chi connectivity index (χ1) is 10.2. The smallest absolute Gasteiger partial charge is 0.313 e. The number of nitrogens with zero attached hydrogens (tertiary/aromatic N) is 1. The lowest BCUT2D eigenvalue weighted by atomic mass is 10.1. The molecule has 0 fully saturated rings. The van der Waals surface area contributed by atoms with Crippen LogP contribution >= 0.6 is 0 Å². The second kappa shape index (κ2) is 7.16. The van der Waals surface area contributed by atoms with E-state index in [1.54, 1.807) is 36.4 Å². The van der Waals surface area contributed by atoms with Crippen LogP contribution in [0.2, 0.25) is 0 Å². The third-order valence-corrected chi connectivity index (χ3v) is 2.78. The number of hydrogen-bond donors (Lipinski definition) is 3. The molecular weight excluding hydrogens is 270 g/mol. The highest BCUT2D eigenvalue weighted by molar-refractivity contribution is 6.39. The first-order valence-corrected chi connectivity index (χ1v) is 6.39. The maximum atomic E-state index is 11.6. The number of aliphatic hydroxyl groups excluding tert-OH is 1. The van der Waals surface area contributed by atoms with Crippen molar-refractivity contribution in [3.63, 3.8) is 0 Å². The van der Waals surface area contributed by atoms with Crippen LogP contribution in [-0.2, 0) is 9.59 Å². The molecule has 3 N–H and O–H groups in total. The average molecular weight is 285 g/mol. The summed E-state index contributed by atoms with van der Waals surface area (Å²) in [5.74, 6) is -1.59. The number of aliphatic hydroxyl groups is 1. The molecule has 6 heteroatoms. The largest absolute Gasteiger partial charge is 0.387 e. The van der Waals surface area contributed by atoms with Gasteiger partial charge in [0, 0.05) is 24.6 Å². The number of rotatable bonds is 4. The van der Waals surface area contributed by atoms with Gasteiger partial charge in [-0.25, -0.2) is 0 Å². The number of amides is 2. The molecule has 0 unspecified atom stereocenters. The molecule has 0 bridgehead atoms. The molecular formula is C15H15N3O3. The Labute approximate surface area is 121 Å². The molecule has 2 rings (SSSR count). The fraction of sp³-hybridized carbons (Fsp3) is 0.133. The minimum atomic E-state index is -0.858. The van der Waals surface area contributed by atoms with Crippen molar-refractivity contribution in [1.29, 1.82) is 0 Å². The van der Waals surface area contributed by atoms with Gasteiger partial charge >= 0.3 is 11.8 Å². The lowest BCUT2D eigenvalue weighted by Crippen LogP contribution is -2.37. The number of carbonyl (C=O) groups is 2. The Morgan fingerprint density at radius 2 is 1.71 bits per heavy atom. The van der Waals surface area contributed by atoms with Crippen LogP contribution < -0.4 is 10.6 Å². The van der Waals surface area contributed by atoms with Gasteiger partial charge in [0.15, 0.2) is 0 Å². The lowest BCUT2D eigenvalue weighted by Gasteiger charge is -2.12. The SMILES string of the molecule is O=C(NC[C@H](O)c1ccccc1)C(=O)Nc1ccncc1. The summed E-state index contributed by atoms with van der Waals surface area (Å²) in [5.41, 5.74) is 1.15. The van der Waals surface area contributed by atoms with Crippen molar-refractivity contribution in [2.24, 2.45) is 0 Å². The molecule has 0 spiro atoms. The topological polar surface area (TPSA) is 91.3 Å². The zero-order chi connectivity index (χ0) is 15.1. The zero-order valence-electron chi connectivity index (χ0n) is 11.2. The van der Waals surface area contributed by atoms with Crippen molar-refractivity contribution >= 4 is 17.5 Å².